The van der Waals surface area contributed by atoms with E-state index in [0.29, 0.717) is 5.92 Å². The lowest BCUT2D eigenvalue weighted by Crippen LogP contribution is -2.46. The van der Waals surface area contributed by atoms with Gasteiger partial charge in [0.15, 0.2) is 0 Å². The van der Waals surface area contributed by atoms with Gasteiger partial charge in [-0.05, 0) is 24.6 Å². The van der Waals surface area contributed by atoms with Crippen LogP contribution in [0.1, 0.15) is 36.8 Å². The molecule has 5 nitrogen and oxygen atoms in total. The number of anilines is 1. The topological polar surface area (TPSA) is 45.2 Å². The van der Waals surface area contributed by atoms with Crippen molar-refractivity contribution in [1.82, 2.24) is 19.9 Å². The van der Waals surface area contributed by atoms with E-state index in [1.54, 1.807) is 0 Å². The maximum atomic E-state index is 4.75. The number of aryl methyl sites for hydroxylation is 1. The van der Waals surface area contributed by atoms with Gasteiger partial charge in [-0.25, -0.2) is 9.97 Å². The molecule has 2 aromatic heterocycles. The van der Waals surface area contributed by atoms with E-state index in [-0.39, 0.29) is 0 Å². The minimum Gasteiger partial charge on any atom is -0.354 e. The molecule has 1 saturated heterocycles. The van der Waals surface area contributed by atoms with Crippen molar-refractivity contribution in [2.24, 2.45) is 0 Å². The predicted molar refractivity (Wildman–Crippen MR) is 92.6 cm³/mol. The third-order valence-electron chi connectivity index (χ3n) is 4.23. The van der Waals surface area contributed by atoms with Crippen molar-refractivity contribution in [1.29, 1.82) is 0 Å². The zero-order valence-electron chi connectivity index (χ0n) is 14.2. The normalized spacial score (nSPS) is 16.1. The fourth-order valence-electron chi connectivity index (χ4n) is 2.88. The van der Waals surface area contributed by atoms with Gasteiger partial charge < -0.3 is 4.90 Å². The Morgan fingerprint density at radius 2 is 1.74 bits per heavy atom. The lowest BCUT2D eigenvalue weighted by Gasteiger charge is -2.35. The fraction of sp³-hybridized carbons (Fsp3) is 0.500. The van der Waals surface area contributed by atoms with Crippen LogP contribution < -0.4 is 4.90 Å². The first kappa shape index (κ1) is 15.9. The Kier molecular flexibility index (Phi) is 4.86. The summed E-state index contributed by atoms with van der Waals surface area (Å²) in [5.74, 6) is 2.38. The molecule has 0 bridgehead atoms. The van der Waals surface area contributed by atoms with Crippen LogP contribution in [0.2, 0.25) is 0 Å². The number of hydrogen-bond acceptors (Lipinski definition) is 5. The molecule has 1 aliphatic heterocycles. The average Bonchev–Trinajstić information content (AvgIpc) is 2.56. The summed E-state index contributed by atoms with van der Waals surface area (Å²) < 4.78 is 0. The average molecular weight is 311 g/mol. The van der Waals surface area contributed by atoms with Crippen molar-refractivity contribution in [2.45, 2.75) is 33.2 Å². The van der Waals surface area contributed by atoms with Gasteiger partial charge in [-0.2, -0.15) is 0 Å². The molecular weight excluding hydrogens is 286 g/mol. The number of rotatable bonds is 4. The van der Waals surface area contributed by atoms with E-state index < -0.39 is 0 Å². The monoisotopic (exact) mass is 311 g/mol. The molecule has 3 rings (SSSR count). The van der Waals surface area contributed by atoms with Crippen LogP contribution in [0.3, 0.4) is 0 Å². The van der Waals surface area contributed by atoms with Crippen molar-refractivity contribution in [3.8, 4) is 0 Å². The molecule has 0 saturated carbocycles. The number of hydrogen-bond donors (Lipinski definition) is 0. The summed E-state index contributed by atoms with van der Waals surface area (Å²) in [5, 5.41) is 0. The summed E-state index contributed by atoms with van der Waals surface area (Å²) in [4.78, 5) is 18.2. The van der Waals surface area contributed by atoms with E-state index in [1.165, 1.54) is 5.56 Å². The Balaban J connectivity index is 1.63. The number of nitrogens with zero attached hydrogens (tertiary/aromatic N) is 5. The van der Waals surface area contributed by atoms with Crippen LogP contribution in [-0.4, -0.2) is 46.0 Å². The van der Waals surface area contributed by atoms with Crippen molar-refractivity contribution in [3.05, 3.63) is 47.7 Å². The highest BCUT2D eigenvalue weighted by molar-refractivity contribution is 5.40. The van der Waals surface area contributed by atoms with Crippen molar-refractivity contribution in [3.63, 3.8) is 0 Å². The van der Waals surface area contributed by atoms with Crippen LogP contribution in [-0.2, 0) is 6.54 Å². The second-order valence-corrected chi connectivity index (χ2v) is 6.50. The maximum absolute atomic E-state index is 4.75. The van der Waals surface area contributed by atoms with Gasteiger partial charge in [0, 0.05) is 62.8 Å². The Hall–Kier alpha value is -2.01. The Bertz CT molecular complexity index is 633. The van der Waals surface area contributed by atoms with Crippen molar-refractivity contribution < 1.29 is 0 Å². The van der Waals surface area contributed by atoms with Crippen molar-refractivity contribution in [2.75, 3.05) is 31.1 Å². The zero-order chi connectivity index (χ0) is 16.2. The van der Waals surface area contributed by atoms with Gasteiger partial charge in [0.2, 0.25) is 0 Å². The van der Waals surface area contributed by atoms with Gasteiger partial charge in [-0.15, -0.1) is 0 Å². The van der Waals surface area contributed by atoms with E-state index in [9.17, 15) is 0 Å². The highest BCUT2D eigenvalue weighted by Crippen LogP contribution is 2.19. The number of pyridine rings is 1. The molecular formula is C18H25N5. The molecule has 0 aliphatic carbocycles. The van der Waals surface area contributed by atoms with Crippen LogP contribution in [0.15, 0.2) is 30.6 Å². The van der Waals surface area contributed by atoms with Gasteiger partial charge in [0.05, 0.1) is 0 Å². The summed E-state index contributed by atoms with van der Waals surface area (Å²) in [7, 11) is 0. The molecule has 122 valence electrons. The minimum atomic E-state index is 0.363. The molecule has 0 N–H and O–H groups in total. The van der Waals surface area contributed by atoms with Gasteiger partial charge in [0.25, 0.3) is 0 Å². The van der Waals surface area contributed by atoms with Crippen LogP contribution >= 0.6 is 0 Å². The van der Waals surface area contributed by atoms with Crippen LogP contribution in [0.25, 0.3) is 0 Å². The first-order chi connectivity index (χ1) is 11.1. The molecule has 0 amide bonds. The summed E-state index contributed by atoms with van der Waals surface area (Å²) in [6.07, 6.45) is 3.73. The summed E-state index contributed by atoms with van der Waals surface area (Å²) in [6, 6.07) is 6.29. The molecule has 1 fully saturated rings. The quantitative estimate of drug-likeness (QED) is 0.868. The smallest absolute Gasteiger partial charge is 0.133 e. The highest BCUT2D eigenvalue weighted by Gasteiger charge is 2.19. The highest BCUT2D eigenvalue weighted by atomic mass is 15.3. The third kappa shape index (κ3) is 4.05. The summed E-state index contributed by atoms with van der Waals surface area (Å²) >= 11 is 0. The van der Waals surface area contributed by atoms with Crippen LogP contribution in [0, 0.1) is 6.92 Å². The van der Waals surface area contributed by atoms with E-state index in [2.05, 4.69) is 58.7 Å². The SMILES string of the molecule is Cc1cc(N2CCN(Cc3ccncc3)CC2)nc(C(C)C)n1. The van der Waals surface area contributed by atoms with Crippen LogP contribution in [0.5, 0.6) is 0 Å². The summed E-state index contributed by atoms with van der Waals surface area (Å²) in [6.45, 7) is 11.5. The van der Waals surface area contributed by atoms with Gasteiger partial charge in [0.1, 0.15) is 11.6 Å². The van der Waals surface area contributed by atoms with E-state index in [1.807, 2.05) is 12.4 Å². The van der Waals surface area contributed by atoms with Crippen LogP contribution in [0.4, 0.5) is 5.82 Å². The lowest BCUT2D eigenvalue weighted by atomic mass is 10.2. The van der Waals surface area contributed by atoms with Crippen molar-refractivity contribution >= 4 is 5.82 Å². The molecule has 2 aromatic rings. The van der Waals surface area contributed by atoms with E-state index in [0.717, 1.165) is 50.1 Å². The van der Waals surface area contributed by atoms with E-state index in [4.69, 9.17) is 4.98 Å². The number of aromatic nitrogens is 3. The minimum absolute atomic E-state index is 0.363. The van der Waals surface area contributed by atoms with Gasteiger partial charge in [-0.3, -0.25) is 9.88 Å². The molecule has 3 heterocycles. The van der Waals surface area contributed by atoms with Gasteiger partial charge in [-0.1, -0.05) is 13.8 Å². The number of piperazine rings is 1. The first-order valence-corrected chi connectivity index (χ1v) is 8.33. The second kappa shape index (κ2) is 7.04. The Morgan fingerprint density at radius 3 is 2.39 bits per heavy atom. The Morgan fingerprint density at radius 1 is 1.04 bits per heavy atom. The Labute approximate surface area is 138 Å². The molecule has 0 aromatic carbocycles. The summed E-state index contributed by atoms with van der Waals surface area (Å²) in [5.41, 5.74) is 2.38. The molecule has 1 aliphatic rings. The largest absolute Gasteiger partial charge is 0.354 e. The molecule has 5 heteroatoms. The molecule has 0 unspecified atom stereocenters. The molecule has 0 atom stereocenters. The first-order valence-electron chi connectivity index (χ1n) is 8.33. The standard InChI is InChI=1S/C18H25N5/c1-14(2)18-20-15(3)12-17(21-18)23-10-8-22(9-11-23)13-16-4-6-19-7-5-16/h4-7,12,14H,8-11,13H2,1-3H3. The fourth-order valence-corrected chi connectivity index (χ4v) is 2.88. The van der Waals surface area contributed by atoms with Gasteiger partial charge >= 0.3 is 0 Å². The second-order valence-electron chi connectivity index (χ2n) is 6.50. The predicted octanol–water partition coefficient (Wildman–Crippen LogP) is 2.63. The van der Waals surface area contributed by atoms with E-state index >= 15 is 0 Å². The molecule has 0 radical (unpaired) electrons. The zero-order valence-corrected chi connectivity index (χ0v) is 14.2. The lowest BCUT2D eigenvalue weighted by molar-refractivity contribution is 0.249. The molecule has 0 spiro atoms. The molecule has 23 heavy (non-hydrogen) atoms. The third-order valence-corrected chi connectivity index (χ3v) is 4.23. The maximum Gasteiger partial charge on any atom is 0.133 e.